The highest BCUT2D eigenvalue weighted by molar-refractivity contribution is 7.92. The summed E-state index contributed by atoms with van der Waals surface area (Å²) in [5.41, 5.74) is 6.68. The van der Waals surface area contributed by atoms with Crippen LogP contribution in [0, 0.1) is 6.92 Å². The van der Waals surface area contributed by atoms with E-state index in [0.717, 1.165) is 5.56 Å². The van der Waals surface area contributed by atoms with Crippen LogP contribution in [0.1, 0.15) is 5.56 Å². The van der Waals surface area contributed by atoms with Crippen LogP contribution in [-0.2, 0) is 16.6 Å². The molecule has 0 aliphatic rings. The Bertz CT molecular complexity index is 712. The molecule has 1 heterocycles. The highest BCUT2D eigenvalue weighted by atomic mass is 35.5. The Morgan fingerprint density at radius 2 is 2.20 bits per heavy atom. The van der Waals surface area contributed by atoms with E-state index in [0.29, 0.717) is 23.8 Å². The fourth-order valence-corrected chi connectivity index (χ4v) is 2.79. The molecule has 108 valence electrons. The molecule has 20 heavy (non-hydrogen) atoms. The van der Waals surface area contributed by atoms with Gasteiger partial charge in [-0.3, -0.25) is 9.40 Å². The first-order valence-electron chi connectivity index (χ1n) is 5.94. The number of hydrogen-bond acceptors (Lipinski definition) is 4. The molecule has 0 bridgehead atoms. The minimum absolute atomic E-state index is 0.0858. The number of aryl methyl sites for hydroxylation is 1. The first-order chi connectivity index (χ1) is 9.42. The zero-order valence-electron chi connectivity index (χ0n) is 10.9. The molecule has 8 heteroatoms. The van der Waals surface area contributed by atoms with Crippen molar-refractivity contribution in [3.63, 3.8) is 0 Å². The van der Waals surface area contributed by atoms with Crippen molar-refractivity contribution in [3.05, 3.63) is 41.2 Å². The van der Waals surface area contributed by atoms with E-state index in [-0.39, 0.29) is 4.90 Å². The number of nitrogens with zero attached hydrogens (tertiary/aromatic N) is 2. The lowest BCUT2D eigenvalue weighted by molar-refractivity contribution is 0.599. The maximum absolute atomic E-state index is 12.2. The van der Waals surface area contributed by atoms with Crippen LogP contribution in [0.2, 0.25) is 5.02 Å². The molecule has 1 aromatic carbocycles. The molecule has 2 rings (SSSR count). The molecule has 0 unspecified atom stereocenters. The second-order valence-electron chi connectivity index (χ2n) is 4.30. The van der Waals surface area contributed by atoms with Crippen LogP contribution in [-0.4, -0.2) is 24.7 Å². The van der Waals surface area contributed by atoms with Crippen molar-refractivity contribution < 1.29 is 8.42 Å². The highest BCUT2D eigenvalue weighted by Gasteiger charge is 2.16. The molecule has 2 aromatic rings. The normalized spacial score (nSPS) is 11.6. The Hall–Kier alpha value is -1.57. The molecule has 0 saturated carbocycles. The van der Waals surface area contributed by atoms with Gasteiger partial charge in [-0.15, -0.1) is 0 Å². The van der Waals surface area contributed by atoms with E-state index in [4.69, 9.17) is 17.3 Å². The Morgan fingerprint density at radius 3 is 2.85 bits per heavy atom. The maximum Gasteiger partial charge on any atom is 0.265 e. The van der Waals surface area contributed by atoms with Gasteiger partial charge in [0.05, 0.1) is 18.4 Å². The zero-order valence-corrected chi connectivity index (χ0v) is 12.4. The minimum Gasteiger partial charge on any atom is -0.329 e. The standard InChI is InChI=1S/C12H15ClN4O2S/c1-9-2-3-10(6-12(9)13)16-20(18,19)11-7-15-17(8-11)5-4-14/h2-3,6-8,16H,4-5,14H2,1H3. The van der Waals surface area contributed by atoms with Crippen molar-refractivity contribution in [1.29, 1.82) is 0 Å². The van der Waals surface area contributed by atoms with E-state index in [1.54, 1.807) is 18.2 Å². The van der Waals surface area contributed by atoms with Crippen molar-refractivity contribution in [2.24, 2.45) is 5.73 Å². The number of nitrogens with two attached hydrogens (primary N) is 1. The van der Waals surface area contributed by atoms with E-state index in [2.05, 4.69) is 9.82 Å². The number of benzene rings is 1. The van der Waals surface area contributed by atoms with Gasteiger partial charge < -0.3 is 5.73 Å². The van der Waals surface area contributed by atoms with Crippen LogP contribution in [0.4, 0.5) is 5.69 Å². The van der Waals surface area contributed by atoms with Crippen molar-refractivity contribution in [2.45, 2.75) is 18.4 Å². The number of hydrogen-bond donors (Lipinski definition) is 2. The second kappa shape index (κ2) is 5.82. The van der Waals surface area contributed by atoms with Crippen LogP contribution < -0.4 is 10.5 Å². The van der Waals surface area contributed by atoms with Gasteiger partial charge in [0, 0.05) is 17.8 Å². The number of rotatable bonds is 5. The summed E-state index contributed by atoms with van der Waals surface area (Å²) in [4.78, 5) is 0.0858. The molecule has 0 fully saturated rings. The fourth-order valence-electron chi connectivity index (χ4n) is 1.61. The highest BCUT2D eigenvalue weighted by Crippen LogP contribution is 2.22. The van der Waals surface area contributed by atoms with Gasteiger partial charge in [-0.2, -0.15) is 5.10 Å². The lowest BCUT2D eigenvalue weighted by atomic mass is 10.2. The average molecular weight is 315 g/mol. The van der Waals surface area contributed by atoms with Gasteiger partial charge in [-0.1, -0.05) is 17.7 Å². The lowest BCUT2D eigenvalue weighted by Gasteiger charge is -2.07. The summed E-state index contributed by atoms with van der Waals surface area (Å²) in [5, 5.41) is 4.44. The Balaban J connectivity index is 2.23. The van der Waals surface area contributed by atoms with E-state index in [9.17, 15) is 8.42 Å². The van der Waals surface area contributed by atoms with E-state index < -0.39 is 10.0 Å². The van der Waals surface area contributed by atoms with Crippen LogP contribution in [0.5, 0.6) is 0 Å². The number of anilines is 1. The van der Waals surface area contributed by atoms with Crippen molar-refractivity contribution in [1.82, 2.24) is 9.78 Å². The Kier molecular flexibility index (Phi) is 4.32. The van der Waals surface area contributed by atoms with Crippen LogP contribution in [0.15, 0.2) is 35.5 Å². The van der Waals surface area contributed by atoms with Crippen LogP contribution in [0.25, 0.3) is 0 Å². The molecule has 0 atom stereocenters. The Labute approximate surface area is 122 Å². The third-order valence-corrected chi connectivity index (χ3v) is 4.45. The SMILES string of the molecule is Cc1ccc(NS(=O)(=O)c2cnn(CCN)c2)cc1Cl. The topological polar surface area (TPSA) is 90.0 Å². The Morgan fingerprint density at radius 1 is 1.45 bits per heavy atom. The third kappa shape index (κ3) is 3.30. The average Bonchev–Trinajstić information content (AvgIpc) is 2.83. The summed E-state index contributed by atoms with van der Waals surface area (Å²) >= 11 is 5.97. The molecule has 3 N–H and O–H groups in total. The predicted octanol–water partition coefficient (Wildman–Crippen LogP) is 1.60. The number of sulfonamides is 1. The molecule has 0 aliphatic heterocycles. The molecule has 0 saturated heterocycles. The quantitative estimate of drug-likeness (QED) is 0.877. The predicted molar refractivity (Wildman–Crippen MR) is 78.3 cm³/mol. The summed E-state index contributed by atoms with van der Waals surface area (Å²) in [5.74, 6) is 0. The zero-order chi connectivity index (χ0) is 14.8. The summed E-state index contributed by atoms with van der Waals surface area (Å²) in [6.07, 6.45) is 2.72. The van der Waals surface area contributed by atoms with Crippen molar-refractivity contribution in [3.8, 4) is 0 Å². The third-order valence-electron chi connectivity index (χ3n) is 2.70. The molecule has 0 spiro atoms. The summed E-state index contributed by atoms with van der Waals surface area (Å²) in [6, 6.07) is 4.97. The number of nitrogens with one attached hydrogen (secondary N) is 1. The molecule has 6 nitrogen and oxygen atoms in total. The molecule has 1 aromatic heterocycles. The van der Waals surface area contributed by atoms with Crippen molar-refractivity contribution >= 4 is 27.3 Å². The maximum atomic E-state index is 12.2. The van der Waals surface area contributed by atoms with Crippen LogP contribution >= 0.6 is 11.6 Å². The molecule has 0 aliphatic carbocycles. The van der Waals surface area contributed by atoms with Gasteiger partial charge in [0.2, 0.25) is 0 Å². The molecule has 0 radical (unpaired) electrons. The van der Waals surface area contributed by atoms with Crippen molar-refractivity contribution in [2.75, 3.05) is 11.3 Å². The van der Waals surface area contributed by atoms with Gasteiger partial charge in [0.1, 0.15) is 4.90 Å². The first kappa shape index (κ1) is 14.8. The smallest absolute Gasteiger partial charge is 0.265 e. The number of halogens is 1. The van der Waals surface area contributed by atoms with Crippen LogP contribution in [0.3, 0.4) is 0 Å². The second-order valence-corrected chi connectivity index (χ2v) is 6.39. The van der Waals surface area contributed by atoms with E-state index >= 15 is 0 Å². The summed E-state index contributed by atoms with van der Waals surface area (Å²) in [6.45, 7) is 2.70. The number of aromatic nitrogens is 2. The van der Waals surface area contributed by atoms with Gasteiger partial charge >= 0.3 is 0 Å². The van der Waals surface area contributed by atoms with Gasteiger partial charge in [0.25, 0.3) is 10.0 Å². The summed E-state index contributed by atoms with van der Waals surface area (Å²) < 4.78 is 28.3. The summed E-state index contributed by atoms with van der Waals surface area (Å²) in [7, 11) is -3.67. The lowest BCUT2D eigenvalue weighted by Crippen LogP contribution is -2.13. The minimum atomic E-state index is -3.67. The fraction of sp³-hybridized carbons (Fsp3) is 0.250. The molecule has 0 amide bonds. The molecular formula is C12H15ClN4O2S. The van der Waals surface area contributed by atoms with E-state index in [1.807, 2.05) is 6.92 Å². The van der Waals surface area contributed by atoms with E-state index in [1.165, 1.54) is 17.1 Å². The van der Waals surface area contributed by atoms with Gasteiger partial charge in [0.15, 0.2) is 0 Å². The van der Waals surface area contributed by atoms with Gasteiger partial charge in [-0.25, -0.2) is 8.42 Å². The van der Waals surface area contributed by atoms with Gasteiger partial charge in [-0.05, 0) is 24.6 Å². The monoisotopic (exact) mass is 314 g/mol. The first-order valence-corrected chi connectivity index (χ1v) is 7.80. The molecular weight excluding hydrogens is 300 g/mol. The largest absolute Gasteiger partial charge is 0.329 e.